The highest BCUT2D eigenvalue weighted by molar-refractivity contribution is 5.92. The summed E-state index contributed by atoms with van der Waals surface area (Å²) in [4.78, 5) is 33.6. The molecule has 5 heteroatoms. The number of allylic oxidation sites excluding steroid dienone is 1. The van der Waals surface area contributed by atoms with Crippen LogP contribution in [0.15, 0.2) is 41.3 Å². The Kier molecular flexibility index (Phi) is 5.34. The van der Waals surface area contributed by atoms with E-state index in [4.69, 9.17) is 4.84 Å². The van der Waals surface area contributed by atoms with Crippen molar-refractivity contribution in [2.75, 3.05) is 0 Å². The van der Waals surface area contributed by atoms with Crippen LogP contribution >= 0.6 is 0 Å². The van der Waals surface area contributed by atoms with Crippen LogP contribution in [0.5, 0.6) is 0 Å². The lowest BCUT2D eigenvalue weighted by Gasteiger charge is -2.58. The number of carbonyl (C=O) groups excluding carboxylic acids is 2. The molecule has 1 unspecified atom stereocenters. The second-order valence-electron chi connectivity index (χ2n) is 11.0. The van der Waals surface area contributed by atoms with Crippen molar-refractivity contribution in [3.8, 4) is 0 Å². The maximum atomic E-state index is 12.3. The first-order chi connectivity index (χ1) is 15.3. The molecular weight excluding hydrogens is 400 g/mol. The average Bonchev–Trinajstić information content (AvgIpc) is 3.15. The zero-order valence-electron chi connectivity index (χ0n) is 19.5. The predicted octanol–water partition coefficient (Wildman–Crippen LogP) is 5.76. The van der Waals surface area contributed by atoms with Crippen LogP contribution in [0.4, 0.5) is 0 Å². The van der Waals surface area contributed by atoms with E-state index >= 15 is 0 Å². The van der Waals surface area contributed by atoms with Gasteiger partial charge in [-0.1, -0.05) is 24.6 Å². The summed E-state index contributed by atoms with van der Waals surface area (Å²) in [7, 11) is 0. The van der Waals surface area contributed by atoms with E-state index < -0.39 is 5.97 Å². The van der Waals surface area contributed by atoms with Gasteiger partial charge in [0.05, 0.1) is 11.3 Å². The molecule has 0 spiro atoms. The normalized spacial score (nSPS) is 38.9. The van der Waals surface area contributed by atoms with E-state index in [1.165, 1.54) is 37.5 Å². The summed E-state index contributed by atoms with van der Waals surface area (Å²) in [6.45, 7) is 6.91. The summed E-state index contributed by atoms with van der Waals surface area (Å²) in [5.41, 5.74) is 3.20. The number of ketones is 1. The lowest BCUT2D eigenvalue weighted by molar-refractivity contribution is -0.117. The molecule has 6 atom stereocenters. The summed E-state index contributed by atoms with van der Waals surface area (Å²) in [6.07, 6.45) is 13.9. The van der Waals surface area contributed by atoms with Gasteiger partial charge in [-0.25, -0.2) is 4.79 Å². The first kappa shape index (κ1) is 21.5. The molecule has 0 aromatic carbocycles. The van der Waals surface area contributed by atoms with E-state index in [1.807, 2.05) is 13.0 Å². The first-order valence-electron chi connectivity index (χ1n) is 12.2. The van der Waals surface area contributed by atoms with E-state index in [2.05, 4.69) is 24.0 Å². The third-order valence-electron chi connectivity index (χ3n) is 9.64. The maximum Gasteiger partial charge on any atom is 0.367 e. The zero-order chi connectivity index (χ0) is 22.5. The minimum absolute atomic E-state index is 0.206. The van der Waals surface area contributed by atoms with Gasteiger partial charge >= 0.3 is 5.97 Å². The molecule has 1 aromatic rings. The minimum atomic E-state index is -0.452. The second-order valence-corrected chi connectivity index (χ2v) is 11.0. The summed E-state index contributed by atoms with van der Waals surface area (Å²) < 4.78 is 0. The van der Waals surface area contributed by atoms with Gasteiger partial charge in [-0.2, -0.15) is 0 Å². The van der Waals surface area contributed by atoms with Crippen LogP contribution in [0.1, 0.15) is 82.5 Å². The quantitative estimate of drug-likeness (QED) is 0.344. The van der Waals surface area contributed by atoms with Crippen LogP contribution in [-0.2, 0) is 9.63 Å². The number of hydrogen-bond acceptors (Lipinski definition) is 5. The SMILES string of the molecule is C/C(=N\OC(=O)c1cccnc1)[C@H]1CC[C@H]2C3CCC4=CC(=O)CC[C@]4(C)[C@H]3CC[C@]12C. The van der Waals surface area contributed by atoms with Gasteiger partial charge in [0.1, 0.15) is 0 Å². The average molecular weight is 435 g/mol. The van der Waals surface area contributed by atoms with Gasteiger partial charge in [0.15, 0.2) is 5.78 Å². The fraction of sp³-hybridized carbons (Fsp3) is 0.630. The number of hydrogen-bond donors (Lipinski definition) is 0. The van der Waals surface area contributed by atoms with E-state index in [9.17, 15) is 9.59 Å². The van der Waals surface area contributed by atoms with Gasteiger partial charge in [0, 0.05) is 24.7 Å². The molecule has 5 rings (SSSR count). The second kappa shape index (κ2) is 7.93. The molecular formula is C27H34N2O3. The van der Waals surface area contributed by atoms with Crippen molar-refractivity contribution >= 4 is 17.5 Å². The number of nitrogens with zero attached hydrogens (tertiary/aromatic N) is 2. The van der Waals surface area contributed by atoms with E-state index in [0.717, 1.165) is 30.9 Å². The molecule has 170 valence electrons. The van der Waals surface area contributed by atoms with Gasteiger partial charge in [-0.3, -0.25) is 9.78 Å². The smallest absolute Gasteiger partial charge is 0.313 e. The van der Waals surface area contributed by atoms with Crippen LogP contribution in [0.3, 0.4) is 0 Å². The molecule has 1 heterocycles. The Balaban J connectivity index is 1.33. The number of fused-ring (bicyclic) bond motifs is 5. The van der Waals surface area contributed by atoms with Gasteiger partial charge in [-0.15, -0.1) is 0 Å². The van der Waals surface area contributed by atoms with E-state index in [1.54, 1.807) is 18.3 Å². The van der Waals surface area contributed by atoms with Gasteiger partial charge in [0.2, 0.25) is 0 Å². The van der Waals surface area contributed by atoms with Crippen LogP contribution < -0.4 is 0 Å². The highest BCUT2D eigenvalue weighted by atomic mass is 16.7. The molecule has 0 saturated heterocycles. The Morgan fingerprint density at radius 1 is 1.12 bits per heavy atom. The minimum Gasteiger partial charge on any atom is -0.313 e. The van der Waals surface area contributed by atoms with Crippen LogP contribution in [0, 0.1) is 34.5 Å². The predicted molar refractivity (Wildman–Crippen MR) is 123 cm³/mol. The third-order valence-corrected chi connectivity index (χ3v) is 9.64. The van der Waals surface area contributed by atoms with Crippen molar-refractivity contribution in [3.63, 3.8) is 0 Å². The Bertz CT molecular complexity index is 984. The number of rotatable bonds is 3. The summed E-state index contributed by atoms with van der Waals surface area (Å²) in [5.74, 6) is 2.32. The highest BCUT2D eigenvalue weighted by Gasteiger charge is 2.59. The van der Waals surface area contributed by atoms with Gasteiger partial charge in [-0.05, 0) is 98.7 Å². The van der Waals surface area contributed by atoms with Crippen molar-refractivity contribution in [2.24, 2.45) is 39.7 Å². The largest absolute Gasteiger partial charge is 0.367 e. The summed E-state index contributed by atoms with van der Waals surface area (Å²) in [5, 5.41) is 4.30. The number of aromatic nitrogens is 1. The molecule has 3 fully saturated rings. The van der Waals surface area contributed by atoms with Crippen molar-refractivity contribution in [2.45, 2.75) is 72.1 Å². The summed E-state index contributed by atoms with van der Waals surface area (Å²) in [6, 6.07) is 3.42. The van der Waals surface area contributed by atoms with E-state index in [0.29, 0.717) is 35.5 Å². The molecule has 4 aliphatic rings. The Morgan fingerprint density at radius 3 is 2.75 bits per heavy atom. The first-order valence-corrected chi connectivity index (χ1v) is 12.2. The fourth-order valence-corrected chi connectivity index (χ4v) is 7.96. The van der Waals surface area contributed by atoms with Crippen LogP contribution in [-0.4, -0.2) is 22.4 Å². The molecule has 32 heavy (non-hydrogen) atoms. The number of pyridine rings is 1. The molecule has 0 radical (unpaired) electrons. The van der Waals surface area contributed by atoms with Crippen LogP contribution in [0.25, 0.3) is 0 Å². The van der Waals surface area contributed by atoms with Crippen molar-refractivity contribution in [1.29, 1.82) is 0 Å². The van der Waals surface area contributed by atoms with E-state index in [-0.39, 0.29) is 10.8 Å². The Hall–Kier alpha value is -2.30. The monoisotopic (exact) mass is 434 g/mol. The molecule has 0 bridgehead atoms. The van der Waals surface area contributed by atoms with Gasteiger partial charge in [0.25, 0.3) is 0 Å². The zero-order valence-corrected chi connectivity index (χ0v) is 19.5. The maximum absolute atomic E-state index is 12.3. The topological polar surface area (TPSA) is 68.6 Å². The fourth-order valence-electron chi connectivity index (χ4n) is 7.96. The third kappa shape index (κ3) is 3.36. The number of oxime groups is 1. The highest BCUT2D eigenvalue weighted by Crippen LogP contribution is 2.66. The molecule has 0 amide bonds. The number of carbonyl (C=O) groups is 2. The Morgan fingerprint density at radius 2 is 1.97 bits per heavy atom. The molecule has 5 nitrogen and oxygen atoms in total. The molecule has 0 N–H and O–H groups in total. The summed E-state index contributed by atoms with van der Waals surface area (Å²) >= 11 is 0. The lowest BCUT2D eigenvalue weighted by Crippen LogP contribution is -2.51. The van der Waals surface area contributed by atoms with Gasteiger partial charge < -0.3 is 4.84 Å². The van der Waals surface area contributed by atoms with Crippen molar-refractivity contribution in [1.82, 2.24) is 4.98 Å². The standard InChI is InChI=1S/C27H34N2O3/c1-17(29-32-25(31)18-5-4-14-28-16-18)22-8-9-23-21-7-6-19-15-20(30)10-12-26(19,2)24(21)11-13-27(22,23)3/h4-5,14-16,21-24H,6-13H2,1-3H3/b29-17+/t21?,22-,23+,24+,26+,27-/m1/s1. The molecule has 3 saturated carbocycles. The van der Waals surface area contributed by atoms with Crippen molar-refractivity contribution in [3.05, 3.63) is 41.7 Å². The van der Waals surface area contributed by atoms with Crippen LogP contribution in [0.2, 0.25) is 0 Å². The lowest BCUT2D eigenvalue weighted by atomic mass is 9.46. The molecule has 1 aromatic heterocycles. The molecule has 4 aliphatic carbocycles. The molecule has 0 aliphatic heterocycles. The Labute approximate surface area is 190 Å². The van der Waals surface area contributed by atoms with Crippen molar-refractivity contribution < 1.29 is 14.4 Å².